The van der Waals surface area contributed by atoms with E-state index in [1.807, 2.05) is 6.07 Å². The summed E-state index contributed by atoms with van der Waals surface area (Å²) in [6.07, 6.45) is 0.0389. The van der Waals surface area contributed by atoms with Gasteiger partial charge in [0.15, 0.2) is 0 Å². The Hall–Kier alpha value is -1.31. The summed E-state index contributed by atoms with van der Waals surface area (Å²) >= 11 is 5.70. The van der Waals surface area contributed by atoms with E-state index in [0.29, 0.717) is 0 Å². The van der Waals surface area contributed by atoms with Crippen LogP contribution in [0.4, 0.5) is 10.1 Å². The number of nitriles is 1. The molecule has 0 spiro atoms. The highest BCUT2D eigenvalue weighted by Crippen LogP contribution is 2.26. The van der Waals surface area contributed by atoms with Crippen molar-refractivity contribution >= 4 is 17.3 Å². The average molecular weight is 214 g/mol. The second-order valence-corrected chi connectivity index (χ2v) is 3.27. The van der Waals surface area contributed by atoms with E-state index in [0.717, 1.165) is 6.07 Å². The predicted molar refractivity (Wildman–Crippen MR) is 53.0 cm³/mol. The molecule has 1 aromatic rings. The third kappa shape index (κ3) is 2.13. The van der Waals surface area contributed by atoms with E-state index in [1.165, 1.54) is 6.07 Å². The van der Waals surface area contributed by atoms with E-state index < -0.39 is 11.9 Å². The maximum Gasteiger partial charge on any atom is 0.130 e. The molecular formula is C9H9ClFN3. The molecule has 0 bridgehead atoms. The Morgan fingerprint density at radius 1 is 1.57 bits per heavy atom. The number of nitrogens with two attached hydrogens (primary N) is 2. The van der Waals surface area contributed by atoms with Gasteiger partial charge in [0.1, 0.15) is 5.82 Å². The van der Waals surface area contributed by atoms with Gasteiger partial charge >= 0.3 is 0 Å². The summed E-state index contributed by atoms with van der Waals surface area (Å²) in [5, 5.41) is 8.65. The van der Waals surface area contributed by atoms with Crippen LogP contribution >= 0.6 is 11.6 Å². The summed E-state index contributed by atoms with van der Waals surface area (Å²) in [5.74, 6) is -0.533. The maximum atomic E-state index is 13.3. The fourth-order valence-corrected chi connectivity index (χ4v) is 1.24. The zero-order valence-electron chi connectivity index (χ0n) is 7.30. The summed E-state index contributed by atoms with van der Waals surface area (Å²) in [4.78, 5) is 0. The van der Waals surface area contributed by atoms with Crippen molar-refractivity contribution in [1.82, 2.24) is 0 Å². The van der Waals surface area contributed by atoms with Gasteiger partial charge in [0, 0.05) is 11.6 Å². The molecule has 3 nitrogen and oxygen atoms in total. The summed E-state index contributed by atoms with van der Waals surface area (Å²) in [5.41, 5.74) is 11.3. The second kappa shape index (κ2) is 4.27. The van der Waals surface area contributed by atoms with Crippen molar-refractivity contribution in [3.05, 3.63) is 28.5 Å². The molecule has 4 N–H and O–H groups in total. The monoisotopic (exact) mass is 213 g/mol. The normalized spacial score (nSPS) is 12.1. The Morgan fingerprint density at radius 3 is 2.79 bits per heavy atom. The van der Waals surface area contributed by atoms with E-state index in [4.69, 9.17) is 28.3 Å². The van der Waals surface area contributed by atoms with Crippen LogP contribution in [0.5, 0.6) is 0 Å². The zero-order chi connectivity index (χ0) is 10.7. The first-order valence-electron chi connectivity index (χ1n) is 3.93. The summed E-state index contributed by atoms with van der Waals surface area (Å²) in [6.45, 7) is 0. The Bertz CT molecular complexity index is 386. The minimum atomic E-state index is -0.668. The lowest BCUT2D eigenvalue weighted by Gasteiger charge is -2.10. The maximum absolute atomic E-state index is 13.3. The third-order valence-electron chi connectivity index (χ3n) is 1.83. The molecule has 1 unspecified atom stereocenters. The lowest BCUT2D eigenvalue weighted by molar-refractivity contribution is 0.585. The summed E-state index contributed by atoms with van der Waals surface area (Å²) in [7, 11) is 0. The molecule has 1 aromatic carbocycles. The third-order valence-corrected chi connectivity index (χ3v) is 2.15. The highest BCUT2D eigenvalue weighted by molar-refractivity contribution is 6.33. The topological polar surface area (TPSA) is 75.8 Å². The van der Waals surface area contributed by atoms with Gasteiger partial charge < -0.3 is 11.5 Å². The molecular weight excluding hydrogens is 205 g/mol. The SMILES string of the molecule is N#CCC(N)c1cc(Cl)c(N)cc1F. The van der Waals surface area contributed by atoms with E-state index in [1.54, 1.807) is 0 Å². The van der Waals surface area contributed by atoms with E-state index in [9.17, 15) is 4.39 Å². The minimum Gasteiger partial charge on any atom is -0.397 e. The number of hydrogen-bond acceptors (Lipinski definition) is 3. The van der Waals surface area contributed by atoms with Gasteiger partial charge in [-0.15, -0.1) is 0 Å². The quantitative estimate of drug-likeness (QED) is 0.738. The number of anilines is 1. The molecule has 14 heavy (non-hydrogen) atoms. The molecule has 0 heterocycles. The molecule has 0 aliphatic heterocycles. The molecule has 0 saturated carbocycles. The Morgan fingerprint density at radius 2 is 2.21 bits per heavy atom. The van der Waals surface area contributed by atoms with Crippen LogP contribution in [0.25, 0.3) is 0 Å². The van der Waals surface area contributed by atoms with E-state index in [2.05, 4.69) is 0 Å². The first kappa shape index (κ1) is 10.8. The second-order valence-electron chi connectivity index (χ2n) is 2.86. The molecule has 0 aliphatic rings. The van der Waals surface area contributed by atoms with Crippen LogP contribution in [0, 0.1) is 17.1 Å². The lowest BCUT2D eigenvalue weighted by Crippen LogP contribution is -2.11. The van der Waals surface area contributed by atoms with Crippen LogP contribution in [0.3, 0.4) is 0 Å². The highest BCUT2D eigenvalue weighted by Gasteiger charge is 2.13. The van der Waals surface area contributed by atoms with Gasteiger partial charge in [-0.2, -0.15) is 5.26 Å². The molecule has 0 fully saturated rings. The zero-order valence-corrected chi connectivity index (χ0v) is 8.05. The fourth-order valence-electron chi connectivity index (χ4n) is 1.07. The van der Waals surface area contributed by atoms with Gasteiger partial charge in [-0.3, -0.25) is 0 Å². The van der Waals surface area contributed by atoms with Crippen molar-refractivity contribution in [3.63, 3.8) is 0 Å². The Balaban J connectivity index is 3.10. The van der Waals surface area contributed by atoms with Crippen molar-refractivity contribution in [3.8, 4) is 6.07 Å². The largest absolute Gasteiger partial charge is 0.397 e. The average Bonchev–Trinajstić information content (AvgIpc) is 2.11. The molecule has 0 amide bonds. The van der Waals surface area contributed by atoms with Crippen LogP contribution in [-0.2, 0) is 0 Å². The molecule has 1 atom stereocenters. The van der Waals surface area contributed by atoms with Gasteiger partial charge in [0.2, 0.25) is 0 Å². The molecule has 1 rings (SSSR count). The molecule has 5 heteroatoms. The summed E-state index contributed by atoms with van der Waals surface area (Å²) in [6, 6.07) is 3.65. The van der Waals surface area contributed by atoms with Crippen molar-refractivity contribution < 1.29 is 4.39 Å². The molecule has 0 saturated heterocycles. The lowest BCUT2D eigenvalue weighted by atomic mass is 10.0. The number of hydrogen-bond donors (Lipinski definition) is 2. The number of benzene rings is 1. The number of halogens is 2. The van der Waals surface area contributed by atoms with Crippen molar-refractivity contribution in [1.29, 1.82) is 5.26 Å². The van der Waals surface area contributed by atoms with Crippen molar-refractivity contribution in [2.24, 2.45) is 5.73 Å². The van der Waals surface area contributed by atoms with Crippen LogP contribution in [0.2, 0.25) is 5.02 Å². The van der Waals surface area contributed by atoms with Gasteiger partial charge in [-0.25, -0.2) is 4.39 Å². The van der Waals surface area contributed by atoms with Gasteiger partial charge in [0.05, 0.1) is 23.2 Å². The van der Waals surface area contributed by atoms with Gasteiger partial charge in [0.25, 0.3) is 0 Å². The number of rotatable bonds is 2. The Labute approximate surface area is 86.1 Å². The molecule has 0 radical (unpaired) electrons. The Kier molecular flexibility index (Phi) is 3.28. The minimum absolute atomic E-state index is 0.0389. The van der Waals surface area contributed by atoms with Crippen molar-refractivity contribution in [2.75, 3.05) is 5.73 Å². The van der Waals surface area contributed by atoms with E-state index in [-0.39, 0.29) is 22.7 Å². The van der Waals surface area contributed by atoms with Crippen LogP contribution < -0.4 is 11.5 Å². The van der Waals surface area contributed by atoms with Crippen LogP contribution in [0.1, 0.15) is 18.0 Å². The molecule has 0 aromatic heterocycles. The first-order chi connectivity index (χ1) is 6.56. The predicted octanol–water partition coefficient (Wildman–Crippen LogP) is 1.97. The van der Waals surface area contributed by atoms with Crippen LogP contribution in [-0.4, -0.2) is 0 Å². The van der Waals surface area contributed by atoms with Crippen molar-refractivity contribution in [2.45, 2.75) is 12.5 Å². The fraction of sp³-hybridized carbons (Fsp3) is 0.222. The van der Waals surface area contributed by atoms with Crippen LogP contribution in [0.15, 0.2) is 12.1 Å². The van der Waals surface area contributed by atoms with Gasteiger partial charge in [-0.05, 0) is 12.1 Å². The smallest absolute Gasteiger partial charge is 0.130 e. The van der Waals surface area contributed by atoms with Gasteiger partial charge in [-0.1, -0.05) is 11.6 Å². The molecule has 0 aliphatic carbocycles. The first-order valence-corrected chi connectivity index (χ1v) is 4.31. The standard InChI is InChI=1S/C9H9ClFN3/c10-6-3-5(8(13)1-2-12)7(11)4-9(6)14/h3-4,8H,1,13-14H2. The van der Waals surface area contributed by atoms with E-state index >= 15 is 0 Å². The highest BCUT2D eigenvalue weighted by atomic mass is 35.5. The number of nitrogens with zero attached hydrogens (tertiary/aromatic N) is 1. The molecule has 74 valence electrons. The number of nitrogen functional groups attached to an aromatic ring is 1. The summed E-state index contributed by atoms with van der Waals surface area (Å²) < 4.78 is 13.3.